The molecule has 0 saturated carbocycles. The van der Waals surface area contributed by atoms with Crippen molar-refractivity contribution in [1.82, 2.24) is 4.98 Å². The van der Waals surface area contributed by atoms with Gasteiger partial charge in [0.05, 0.1) is 24.5 Å². The highest BCUT2D eigenvalue weighted by Gasteiger charge is 2.38. The van der Waals surface area contributed by atoms with Crippen LogP contribution in [0.25, 0.3) is 5.57 Å². The largest absolute Gasteiger partial charge is 0.490 e. The fourth-order valence-corrected chi connectivity index (χ4v) is 1.47. The van der Waals surface area contributed by atoms with Crippen molar-refractivity contribution in [2.75, 3.05) is 13.2 Å². The summed E-state index contributed by atoms with van der Waals surface area (Å²) >= 11 is 0. The molecule has 0 spiro atoms. The average Bonchev–Trinajstić information content (AvgIpc) is 2.48. The minimum atomic E-state index is -5.08. The minimum absolute atomic E-state index is 0.214. The lowest BCUT2D eigenvalue weighted by Gasteiger charge is -2.12. The highest BCUT2D eigenvalue weighted by Crippen LogP contribution is 2.19. The van der Waals surface area contributed by atoms with E-state index >= 15 is 0 Å². The number of aromatic nitrogens is 1. The van der Waals surface area contributed by atoms with Gasteiger partial charge >= 0.3 is 18.1 Å². The van der Waals surface area contributed by atoms with Gasteiger partial charge in [0, 0.05) is 6.20 Å². The number of pyridine rings is 1. The second-order valence-electron chi connectivity index (χ2n) is 4.09. The molecule has 0 aromatic carbocycles. The first-order chi connectivity index (χ1) is 10.2. The van der Waals surface area contributed by atoms with E-state index in [0.29, 0.717) is 13.2 Å². The van der Waals surface area contributed by atoms with Gasteiger partial charge in [-0.2, -0.15) is 13.2 Å². The molecule has 0 bridgehead atoms. The molecular formula is C13H12F3NO5. The molecule has 0 fully saturated rings. The van der Waals surface area contributed by atoms with Crippen LogP contribution in [0, 0.1) is 0 Å². The van der Waals surface area contributed by atoms with Crippen LogP contribution in [0.3, 0.4) is 0 Å². The zero-order valence-corrected chi connectivity index (χ0v) is 11.1. The number of alkyl halides is 3. The number of aromatic carboxylic acids is 1. The van der Waals surface area contributed by atoms with E-state index < -0.39 is 18.1 Å². The van der Waals surface area contributed by atoms with Gasteiger partial charge in [-0.25, -0.2) is 9.59 Å². The third-order valence-electron chi connectivity index (χ3n) is 2.55. The topological polar surface area (TPSA) is 96.7 Å². The summed E-state index contributed by atoms with van der Waals surface area (Å²) < 4.78 is 36.9. The van der Waals surface area contributed by atoms with Crippen LogP contribution in [0.15, 0.2) is 24.4 Å². The van der Waals surface area contributed by atoms with Crippen molar-refractivity contribution in [3.05, 3.63) is 35.7 Å². The molecule has 22 heavy (non-hydrogen) atoms. The zero-order valence-electron chi connectivity index (χ0n) is 11.1. The van der Waals surface area contributed by atoms with Crippen LogP contribution in [-0.4, -0.2) is 46.5 Å². The molecule has 0 saturated heterocycles. The Labute approximate surface area is 122 Å². The van der Waals surface area contributed by atoms with Gasteiger partial charge in [-0.15, -0.1) is 0 Å². The van der Waals surface area contributed by atoms with Gasteiger partial charge < -0.3 is 14.9 Å². The van der Waals surface area contributed by atoms with Gasteiger partial charge in [-0.3, -0.25) is 4.98 Å². The molecule has 120 valence electrons. The van der Waals surface area contributed by atoms with Crippen molar-refractivity contribution < 1.29 is 37.7 Å². The predicted octanol–water partition coefficient (Wildman–Crippen LogP) is 2.22. The molecule has 1 aliphatic heterocycles. The zero-order chi connectivity index (χ0) is 16.8. The van der Waals surface area contributed by atoms with Crippen LogP contribution in [-0.2, 0) is 9.53 Å². The second-order valence-corrected chi connectivity index (χ2v) is 4.09. The van der Waals surface area contributed by atoms with E-state index in [1.807, 2.05) is 6.08 Å². The lowest BCUT2D eigenvalue weighted by atomic mass is 10.1. The van der Waals surface area contributed by atoms with Gasteiger partial charge in [0.1, 0.15) is 0 Å². The maximum Gasteiger partial charge on any atom is 0.490 e. The van der Waals surface area contributed by atoms with Crippen LogP contribution in [0.2, 0.25) is 0 Å². The van der Waals surface area contributed by atoms with Crippen LogP contribution in [0.5, 0.6) is 0 Å². The minimum Gasteiger partial charge on any atom is -0.478 e. The third kappa shape index (κ3) is 5.52. The number of nitrogens with zero attached hydrogens (tertiary/aromatic N) is 1. The summed E-state index contributed by atoms with van der Waals surface area (Å²) in [7, 11) is 0. The smallest absolute Gasteiger partial charge is 0.478 e. The number of carbonyl (C=O) groups is 2. The molecule has 2 heterocycles. The molecular weight excluding hydrogens is 307 g/mol. The number of aliphatic carboxylic acids is 1. The Morgan fingerprint density at radius 1 is 1.23 bits per heavy atom. The molecule has 1 aromatic heterocycles. The second kappa shape index (κ2) is 7.55. The SMILES string of the molecule is O=C(O)C(F)(F)F.O=C(O)c1ccc(C2=CCOCC2)nc1. The van der Waals surface area contributed by atoms with Gasteiger partial charge in [0.25, 0.3) is 0 Å². The molecule has 0 aliphatic carbocycles. The number of hydrogen-bond donors (Lipinski definition) is 2. The van der Waals surface area contributed by atoms with Crippen LogP contribution in [0.1, 0.15) is 22.5 Å². The number of rotatable bonds is 2. The number of carboxylic acid groups (broad SMARTS) is 2. The Balaban J connectivity index is 0.000000295. The molecule has 0 radical (unpaired) electrons. The van der Waals surface area contributed by atoms with Crippen molar-refractivity contribution >= 4 is 17.5 Å². The standard InChI is InChI=1S/C11H11NO3.C2HF3O2/c13-11(14)9-1-2-10(12-7-9)8-3-5-15-6-4-8;3-2(4,5)1(6)7/h1-3,7H,4-6H2,(H,13,14);(H,6,7). The Morgan fingerprint density at radius 2 is 1.86 bits per heavy atom. The van der Waals surface area contributed by atoms with E-state index in [-0.39, 0.29) is 5.56 Å². The quantitative estimate of drug-likeness (QED) is 0.867. The summed E-state index contributed by atoms with van der Waals surface area (Å²) in [4.78, 5) is 23.6. The van der Waals surface area contributed by atoms with Gasteiger partial charge in [0.15, 0.2) is 0 Å². The van der Waals surface area contributed by atoms with E-state index in [4.69, 9.17) is 19.7 Å². The van der Waals surface area contributed by atoms with E-state index in [2.05, 4.69) is 4.98 Å². The molecule has 6 nitrogen and oxygen atoms in total. The van der Waals surface area contributed by atoms with E-state index in [1.165, 1.54) is 6.20 Å². The predicted molar refractivity (Wildman–Crippen MR) is 68.3 cm³/mol. The Kier molecular flexibility index (Phi) is 6.05. The monoisotopic (exact) mass is 319 g/mol. The van der Waals surface area contributed by atoms with Gasteiger partial charge in [0.2, 0.25) is 0 Å². The fourth-order valence-electron chi connectivity index (χ4n) is 1.47. The van der Waals surface area contributed by atoms with Crippen molar-refractivity contribution in [3.8, 4) is 0 Å². The molecule has 9 heteroatoms. The maximum absolute atomic E-state index is 10.6. The van der Waals surface area contributed by atoms with E-state index in [0.717, 1.165) is 17.7 Å². The number of carboxylic acids is 2. The Hall–Kier alpha value is -2.42. The summed E-state index contributed by atoms with van der Waals surface area (Å²) in [6.07, 6.45) is -0.889. The van der Waals surface area contributed by atoms with E-state index in [1.54, 1.807) is 12.1 Å². The summed E-state index contributed by atoms with van der Waals surface area (Å²) in [5.41, 5.74) is 2.17. The maximum atomic E-state index is 10.6. The van der Waals surface area contributed by atoms with Crippen LogP contribution >= 0.6 is 0 Å². The number of ether oxygens (including phenoxy) is 1. The first kappa shape index (κ1) is 17.6. The first-order valence-corrected chi connectivity index (χ1v) is 5.98. The number of hydrogen-bond acceptors (Lipinski definition) is 4. The molecule has 1 aromatic rings. The Bertz CT molecular complexity index is 566. The normalized spacial score (nSPS) is 14.4. The molecule has 1 aliphatic rings. The van der Waals surface area contributed by atoms with Crippen molar-refractivity contribution in [2.24, 2.45) is 0 Å². The van der Waals surface area contributed by atoms with E-state index in [9.17, 15) is 18.0 Å². The Morgan fingerprint density at radius 3 is 2.23 bits per heavy atom. The number of halogens is 3. The molecule has 2 rings (SSSR count). The molecule has 0 amide bonds. The molecule has 2 N–H and O–H groups in total. The summed E-state index contributed by atoms with van der Waals surface area (Å²) in [6.45, 7) is 1.31. The third-order valence-corrected chi connectivity index (χ3v) is 2.55. The van der Waals surface area contributed by atoms with Gasteiger partial charge in [-0.1, -0.05) is 6.08 Å². The average molecular weight is 319 g/mol. The summed E-state index contributed by atoms with van der Waals surface area (Å²) in [5.74, 6) is -3.71. The van der Waals surface area contributed by atoms with Crippen molar-refractivity contribution in [3.63, 3.8) is 0 Å². The molecule has 0 unspecified atom stereocenters. The fraction of sp³-hybridized carbons (Fsp3) is 0.308. The highest BCUT2D eigenvalue weighted by atomic mass is 19.4. The van der Waals surface area contributed by atoms with Crippen molar-refractivity contribution in [1.29, 1.82) is 0 Å². The first-order valence-electron chi connectivity index (χ1n) is 5.98. The van der Waals surface area contributed by atoms with Gasteiger partial charge in [-0.05, 0) is 24.1 Å². The lowest BCUT2D eigenvalue weighted by Crippen LogP contribution is -2.21. The highest BCUT2D eigenvalue weighted by molar-refractivity contribution is 5.87. The van der Waals surface area contributed by atoms with Crippen LogP contribution < -0.4 is 0 Å². The summed E-state index contributed by atoms with van der Waals surface area (Å²) in [6, 6.07) is 3.31. The lowest BCUT2D eigenvalue weighted by molar-refractivity contribution is -0.192. The van der Waals surface area contributed by atoms with Crippen molar-refractivity contribution in [2.45, 2.75) is 12.6 Å². The molecule has 0 atom stereocenters. The summed E-state index contributed by atoms with van der Waals surface area (Å²) in [5, 5.41) is 15.8. The van der Waals surface area contributed by atoms with Crippen LogP contribution in [0.4, 0.5) is 13.2 Å².